The van der Waals surface area contributed by atoms with E-state index in [2.05, 4.69) is 22.2 Å². The van der Waals surface area contributed by atoms with Crippen LogP contribution in [-0.4, -0.2) is 73.4 Å². The van der Waals surface area contributed by atoms with Gasteiger partial charge in [-0.3, -0.25) is 14.5 Å². The average Bonchev–Trinajstić information content (AvgIpc) is 2.67. The first-order chi connectivity index (χ1) is 13.0. The van der Waals surface area contributed by atoms with E-state index in [0.717, 1.165) is 39.0 Å². The van der Waals surface area contributed by atoms with Crippen molar-refractivity contribution in [1.29, 1.82) is 0 Å². The van der Waals surface area contributed by atoms with Crippen molar-refractivity contribution in [2.75, 3.05) is 39.8 Å². The predicted octanol–water partition coefficient (Wildman–Crippen LogP) is 1.94. The van der Waals surface area contributed by atoms with Crippen molar-refractivity contribution >= 4 is 11.7 Å². The monoisotopic (exact) mass is 373 g/mol. The van der Waals surface area contributed by atoms with E-state index in [1.165, 1.54) is 19.8 Å². The molecular weight excluding hydrogens is 342 g/mol. The predicted molar refractivity (Wildman–Crippen MR) is 105 cm³/mol. The smallest absolute Gasteiger partial charge is 0.258 e. The minimum Gasteiger partial charge on any atom is -0.484 e. The van der Waals surface area contributed by atoms with Gasteiger partial charge in [-0.2, -0.15) is 0 Å². The summed E-state index contributed by atoms with van der Waals surface area (Å²) in [4.78, 5) is 28.5. The van der Waals surface area contributed by atoms with Crippen molar-refractivity contribution in [3.05, 3.63) is 29.8 Å². The van der Waals surface area contributed by atoms with Gasteiger partial charge in [0, 0.05) is 24.2 Å². The van der Waals surface area contributed by atoms with Gasteiger partial charge in [0.05, 0.1) is 0 Å². The number of amides is 1. The molecule has 6 heteroatoms. The summed E-state index contributed by atoms with van der Waals surface area (Å²) in [7, 11) is 2.18. The van der Waals surface area contributed by atoms with Crippen molar-refractivity contribution in [2.45, 2.75) is 44.7 Å². The topological polar surface area (TPSA) is 61.9 Å². The molecule has 1 amide bonds. The second kappa shape index (κ2) is 9.33. The molecule has 148 valence electrons. The maximum Gasteiger partial charge on any atom is 0.258 e. The number of hydrogen-bond acceptors (Lipinski definition) is 5. The van der Waals surface area contributed by atoms with Crippen LogP contribution in [0.2, 0.25) is 0 Å². The molecule has 1 unspecified atom stereocenters. The van der Waals surface area contributed by atoms with Crippen LogP contribution in [0.3, 0.4) is 0 Å². The van der Waals surface area contributed by atoms with Crippen LogP contribution in [0.1, 0.15) is 43.0 Å². The molecule has 1 N–H and O–H groups in total. The molecule has 2 saturated heterocycles. The number of rotatable bonds is 6. The van der Waals surface area contributed by atoms with Crippen LogP contribution in [0.15, 0.2) is 24.3 Å². The summed E-state index contributed by atoms with van der Waals surface area (Å²) in [6.07, 6.45) is 4.60. The first kappa shape index (κ1) is 19.8. The molecule has 2 fully saturated rings. The second-order valence-corrected chi connectivity index (χ2v) is 7.81. The van der Waals surface area contributed by atoms with Gasteiger partial charge >= 0.3 is 0 Å². The lowest BCUT2D eigenvalue weighted by molar-refractivity contribution is -0.124. The largest absolute Gasteiger partial charge is 0.484 e. The fourth-order valence-electron chi connectivity index (χ4n) is 4.02. The van der Waals surface area contributed by atoms with Crippen molar-refractivity contribution in [2.24, 2.45) is 0 Å². The summed E-state index contributed by atoms with van der Waals surface area (Å²) in [6, 6.07) is 7.75. The number of piperidine rings is 2. The molecule has 0 saturated carbocycles. The molecule has 1 aromatic carbocycles. The summed E-state index contributed by atoms with van der Waals surface area (Å²) in [5.74, 6) is 0.540. The molecule has 27 heavy (non-hydrogen) atoms. The highest BCUT2D eigenvalue weighted by Gasteiger charge is 2.28. The van der Waals surface area contributed by atoms with Gasteiger partial charge in [-0.15, -0.1) is 0 Å². The van der Waals surface area contributed by atoms with E-state index in [1.807, 2.05) is 0 Å². The van der Waals surface area contributed by atoms with E-state index in [-0.39, 0.29) is 24.3 Å². The number of carbonyl (C=O) groups is 2. The third kappa shape index (κ3) is 5.78. The maximum atomic E-state index is 12.3. The fraction of sp³-hybridized carbons (Fsp3) is 0.619. The van der Waals surface area contributed by atoms with Crippen molar-refractivity contribution < 1.29 is 14.3 Å². The van der Waals surface area contributed by atoms with Gasteiger partial charge in [0.25, 0.3) is 5.91 Å². The van der Waals surface area contributed by atoms with E-state index in [4.69, 9.17) is 4.74 Å². The Morgan fingerprint density at radius 1 is 1.11 bits per heavy atom. The van der Waals surface area contributed by atoms with Gasteiger partial charge in [0.15, 0.2) is 12.4 Å². The van der Waals surface area contributed by atoms with Gasteiger partial charge in [-0.25, -0.2) is 0 Å². The highest BCUT2D eigenvalue weighted by atomic mass is 16.5. The van der Waals surface area contributed by atoms with E-state index >= 15 is 0 Å². The van der Waals surface area contributed by atoms with Gasteiger partial charge in [0.2, 0.25) is 0 Å². The number of carbonyl (C=O) groups excluding carboxylic acids is 2. The Hall–Kier alpha value is -1.92. The summed E-state index contributed by atoms with van der Waals surface area (Å²) in [6.45, 7) is 5.93. The molecule has 0 radical (unpaired) electrons. The van der Waals surface area contributed by atoms with Crippen LogP contribution in [-0.2, 0) is 4.79 Å². The fourth-order valence-corrected chi connectivity index (χ4v) is 4.02. The Labute approximate surface area is 161 Å². The minimum atomic E-state index is -0.0825. The zero-order valence-electron chi connectivity index (χ0n) is 16.4. The number of benzene rings is 1. The number of nitrogens with zero attached hydrogens (tertiary/aromatic N) is 2. The number of ketones is 1. The quantitative estimate of drug-likeness (QED) is 0.772. The van der Waals surface area contributed by atoms with Crippen molar-refractivity contribution in [3.8, 4) is 5.75 Å². The summed E-state index contributed by atoms with van der Waals surface area (Å²) < 4.78 is 5.56. The molecule has 6 nitrogen and oxygen atoms in total. The molecule has 3 rings (SSSR count). The summed E-state index contributed by atoms with van der Waals surface area (Å²) in [5.41, 5.74) is 0.642. The molecule has 0 bridgehead atoms. The first-order valence-corrected chi connectivity index (χ1v) is 9.97. The van der Waals surface area contributed by atoms with Gasteiger partial charge in [-0.1, -0.05) is 0 Å². The minimum absolute atomic E-state index is 0.00411. The molecule has 1 aromatic rings. The number of nitrogens with one attached hydrogen (secondary N) is 1. The molecule has 2 aliphatic heterocycles. The summed E-state index contributed by atoms with van der Waals surface area (Å²) >= 11 is 0. The zero-order chi connectivity index (χ0) is 19.2. The zero-order valence-corrected chi connectivity index (χ0v) is 16.4. The summed E-state index contributed by atoms with van der Waals surface area (Å²) in [5, 5.41) is 3.13. The molecule has 0 spiro atoms. The average molecular weight is 373 g/mol. The lowest BCUT2D eigenvalue weighted by atomic mass is 9.98. The highest BCUT2D eigenvalue weighted by Crippen LogP contribution is 2.20. The van der Waals surface area contributed by atoms with Gasteiger partial charge < -0.3 is 15.0 Å². The Bertz CT molecular complexity index is 639. The Morgan fingerprint density at radius 3 is 2.48 bits per heavy atom. The van der Waals surface area contributed by atoms with Crippen molar-refractivity contribution in [1.82, 2.24) is 15.1 Å². The normalized spacial score (nSPS) is 22.4. The van der Waals surface area contributed by atoms with E-state index in [9.17, 15) is 9.59 Å². The van der Waals surface area contributed by atoms with Crippen LogP contribution in [0.4, 0.5) is 0 Å². The third-order valence-corrected chi connectivity index (χ3v) is 5.65. The molecule has 0 aliphatic carbocycles. The van der Waals surface area contributed by atoms with Crippen LogP contribution < -0.4 is 10.1 Å². The number of ether oxygens (including phenoxy) is 1. The van der Waals surface area contributed by atoms with Gasteiger partial charge in [0.1, 0.15) is 5.75 Å². The van der Waals surface area contributed by atoms with E-state index in [0.29, 0.717) is 17.4 Å². The van der Waals surface area contributed by atoms with E-state index in [1.54, 1.807) is 24.3 Å². The number of Topliss-reactive ketones (excluding diaryl/α,β-unsaturated/α-hetero) is 1. The van der Waals surface area contributed by atoms with Crippen LogP contribution in [0, 0.1) is 0 Å². The SMILES string of the molecule is CC(=O)c1ccc(OCC(=O)NC2CCCN(C3CCN(C)CC3)C2)cc1. The van der Waals surface area contributed by atoms with Crippen LogP contribution in [0.5, 0.6) is 5.75 Å². The lowest BCUT2D eigenvalue weighted by Gasteiger charge is -2.41. The van der Waals surface area contributed by atoms with E-state index < -0.39 is 0 Å². The molecule has 2 heterocycles. The molecule has 1 atom stereocenters. The Morgan fingerprint density at radius 2 is 1.81 bits per heavy atom. The number of likely N-dealkylation sites (tertiary alicyclic amines) is 2. The highest BCUT2D eigenvalue weighted by molar-refractivity contribution is 5.94. The standard InChI is InChI=1S/C21H31N3O3/c1-16(25)17-5-7-20(8-6-17)27-15-21(26)22-18-4-3-11-24(14-18)19-9-12-23(2)13-10-19/h5-8,18-19H,3-4,9-15H2,1-2H3,(H,22,26). The first-order valence-electron chi connectivity index (χ1n) is 9.97. The second-order valence-electron chi connectivity index (χ2n) is 7.81. The Balaban J connectivity index is 1.42. The molecular formula is C21H31N3O3. The van der Waals surface area contributed by atoms with Crippen molar-refractivity contribution in [3.63, 3.8) is 0 Å². The van der Waals surface area contributed by atoms with Crippen LogP contribution in [0.25, 0.3) is 0 Å². The molecule has 0 aromatic heterocycles. The lowest BCUT2D eigenvalue weighted by Crippen LogP contribution is -2.53. The number of hydrogen-bond donors (Lipinski definition) is 1. The Kier molecular flexibility index (Phi) is 6.85. The van der Waals surface area contributed by atoms with Gasteiger partial charge in [-0.05, 0) is 83.6 Å². The maximum absolute atomic E-state index is 12.3. The van der Waals surface area contributed by atoms with Crippen LogP contribution >= 0.6 is 0 Å². The molecule has 2 aliphatic rings. The third-order valence-electron chi connectivity index (χ3n) is 5.65.